The minimum Gasteiger partial charge on any atom is -0.493 e. The maximum atomic E-state index is 5.85. The molecule has 0 spiro atoms. The van der Waals surface area contributed by atoms with Gasteiger partial charge < -0.3 is 19.9 Å². The lowest BCUT2D eigenvalue weighted by atomic mass is 10.1. The lowest BCUT2D eigenvalue weighted by molar-refractivity contribution is 0.211. The molecule has 0 heterocycles. The van der Waals surface area contributed by atoms with Crippen molar-refractivity contribution < 1.29 is 14.2 Å². The zero-order valence-corrected chi connectivity index (χ0v) is 12.4. The topological polar surface area (TPSA) is 53.7 Å². The molecule has 2 aromatic carbocycles. The maximum absolute atomic E-state index is 5.85. The van der Waals surface area contributed by atoms with Crippen LogP contribution in [0.2, 0.25) is 0 Å². The first-order chi connectivity index (χ1) is 10.2. The smallest absolute Gasteiger partial charge is 0.161 e. The van der Waals surface area contributed by atoms with Gasteiger partial charge in [-0.05, 0) is 36.8 Å². The standard InChI is InChI=1S/C17H21NO3/c1-13(18)14-6-5-7-15(12-14)20-10-11-21-17-9-4-3-8-16(17)19-2/h3-9,12-13H,10-11,18H2,1-2H3/t13-/m0/s1. The largest absolute Gasteiger partial charge is 0.493 e. The normalized spacial score (nSPS) is 11.8. The molecule has 0 unspecified atom stereocenters. The summed E-state index contributed by atoms with van der Waals surface area (Å²) in [5, 5.41) is 0. The van der Waals surface area contributed by atoms with Gasteiger partial charge >= 0.3 is 0 Å². The third-order valence-electron chi connectivity index (χ3n) is 3.06. The Morgan fingerprint density at radius 3 is 2.38 bits per heavy atom. The highest BCUT2D eigenvalue weighted by Crippen LogP contribution is 2.25. The van der Waals surface area contributed by atoms with Gasteiger partial charge in [0.15, 0.2) is 11.5 Å². The van der Waals surface area contributed by atoms with E-state index in [1.165, 1.54) is 0 Å². The molecule has 4 heteroatoms. The van der Waals surface area contributed by atoms with Crippen molar-refractivity contribution in [2.75, 3.05) is 20.3 Å². The molecule has 2 N–H and O–H groups in total. The number of nitrogens with two attached hydrogens (primary N) is 1. The second-order valence-corrected chi connectivity index (χ2v) is 4.71. The molecule has 0 aliphatic heterocycles. The molecule has 0 bridgehead atoms. The van der Waals surface area contributed by atoms with E-state index in [0.29, 0.717) is 19.0 Å². The molecule has 0 aromatic heterocycles. The minimum absolute atomic E-state index is 0.00150. The Hall–Kier alpha value is -2.20. The van der Waals surface area contributed by atoms with Crippen LogP contribution in [-0.4, -0.2) is 20.3 Å². The highest BCUT2D eigenvalue weighted by molar-refractivity contribution is 5.39. The van der Waals surface area contributed by atoms with Gasteiger partial charge in [0.2, 0.25) is 0 Å². The highest BCUT2D eigenvalue weighted by Gasteiger charge is 2.03. The van der Waals surface area contributed by atoms with Crippen LogP contribution in [0.15, 0.2) is 48.5 Å². The summed E-state index contributed by atoms with van der Waals surface area (Å²) in [6.07, 6.45) is 0. The van der Waals surface area contributed by atoms with Gasteiger partial charge in [-0.3, -0.25) is 0 Å². The average Bonchev–Trinajstić information content (AvgIpc) is 2.52. The average molecular weight is 287 g/mol. The summed E-state index contributed by atoms with van der Waals surface area (Å²) >= 11 is 0. The van der Waals surface area contributed by atoms with E-state index in [9.17, 15) is 0 Å². The number of rotatable bonds is 7. The van der Waals surface area contributed by atoms with Gasteiger partial charge in [0, 0.05) is 6.04 Å². The highest BCUT2D eigenvalue weighted by atomic mass is 16.5. The van der Waals surface area contributed by atoms with E-state index in [-0.39, 0.29) is 6.04 Å². The summed E-state index contributed by atoms with van der Waals surface area (Å²) in [5.74, 6) is 2.23. The molecule has 1 atom stereocenters. The molecule has 0 radical (unpaired) electrons. The maximum Gasteiger partial charge on any atom is 0.161 e. The van der Waals surface area contributed by atoms with Gasteiger partial charge in [0.05, 0.1) is 7.11 Å². The monoisotopic (exact) mass is 287 g/mol. The van der Waals surface area contributed by atoms with Gasteiger partial charge in [-0.25, -0.2) is 0 Å². The number of hydrogen-bond acceptors (Lipinski definition) is 4. The Labute approximate surface area is 125 Å². The fourth-order valence-corrected chi connectivity index (χ4v) is 1.94. The van der Waals surface area contributed by atoms with Crippen LogP contribution in [0.5, 0.6) is 17.2 Å². The zero-order valence-electron chi connectivity index (χ0n) is 12.4. The summed E-state index contributed by atoms with van der Waals surface area (Å²) in [5.41, 5.74) is 6.91. The van der Waals surface area contributed by atoms with E-state index < -0.39 is 0 Å². The van der Waals surface area contributed by atoms with E-state index in [2.05, 4.69) is 0 Å². The van der Waals surface area contributed by atoms with Crippen molar-refractivity contribution in [3.8, 4) is 17.2 Å². The Morgan fingerprint density at radius 1 is 0.952 bits per heavy atom. The van der Waals surface area contributed by atoms with E-state index in [0.717, 1.165) is 17.1 Å². The molecule has 4 nitrogen and oxygen atoms in total. The quantitative estimate of drug-likeness (QED) is 0.795. The summed E-state index contributed by atoms with van der Waals surface area (Å²) in [6.45, 7) is 2.85. The fraction of sp³-hybridized carbons (Fsp3) is 0.294. The SMILES string of the molecule is COc1ccccc1OCCOc1cccc([C@H](C)N)c1. The van der Waals surface area contributed by atoms with E-state index in [4.69, 9.17) is 19.9 Å². The van der Waals surface area contributed by atoms with E-state index in [1.807, 2.05) is 55.5 Å². The fourth-order valence-electron chi connectivity index (χ4n) is 1.94. The first-order valence-electron chi connectivity index (χ1n) is 6.95. The minimum atomic E-state index is -0.00150. The Morgan fingerprint density at radius 2 is 1.67 bits per heavy atom. The number of benzene rings is 2. The van der Waals surface area contributed by atoms with Crippen molar-refractivity contribution in [3.05, 3.63) is 54.1 Å². The molecule has 0 saturated carbocycles. The molecule has 2 aromatic rings. The summed E-state index contributed by atoms with van der Waals surface area (Å²) in [6, 6.07) is 15.3. The van der Waals surface area contributed by atoms with E-state index in [1.54, 1.807) is 7.11 Å². The van der Waals surface area contributed by atoms with Crippen LogP contribution in [-0.2, 0) is 0 Å². The molecule has 2 rings (SSSR count). The van der Waals surface area contributed by atoms with Crippen molar-refractivity contribution in [3.63, 3.8) is 0 Å². The first kappa shape index (κ1) is 15.2. The van der Waals surface area contributed by atoms with E-state index >= 15 is 0 Å². The van der Waals surface area contributed by atoms with Crippen LogP contribution in [0.1, 0.15) is 18.5 Å². The molecule has 112 valence electrons. The molecule has 0 fully saturated rings. The number of hydrogen-bond donors (Lipinski definition) is 1. The van der Waals surface area contributed by atoms with Crippen molar-refractivity contribution in [1.29, 1.82) is 0 Å². The van der Waals surface area contributed by atoms with Crippen molar-refractivity contribution >= 4 is 0 Å². The zero-order chi connectivity index (χ0) is 15.1. The van der Waals surface area contributed by atoms with Crippen LogP contribution in [0, 0.1) is 0 Å². The van der Waals surface area contributed by atoms with Crippen molar-refractivity contribution in [2.45, 2.75) is 13.0 Å². The van der Waals surface area contributed by atoms with Crippen molar-refractivity contribution in [2.24, 2.45) is 5.73 Å². The first-order valence-corrected chi connectivity index (χ1v) is 6.95. The Balaban J connectivity index is 1.83. The lowest BCUT2D eigenvalue weighted by Gasteiger charge is -2.12. The lowest BCUT2D eigenvalue weighted by Crippen LogP contribution is -2.10. The van der Waals surface area contributed by atoms with Crippen LogP contribution in [0.3, 0.4) is 0 Å². The second-order valence-electron chi connectivity index (χ2n) is 4.71. The van der Waals surface area contributed by atoms with Crippen LogP contribution < -0.4 is 19.9 Å². The summed E-state index contributed by atoms with van der Waals surface area (Å²) in [7, 11) is 1.62. The molecule has 0 amide bonds. The van der Waals surface area contributed by atoms with Crippen LogP contribution in [0.4, 0.5) is 0 Å². The summed E-state index contributed by atoms with van der Waals surface area (Å²) in [4.78, 5) is 0. The number of ether oxygens (including phenoxy) is 3. The van der Waals surface area contributed by atoms with Crippen molar-refractivity contribution in [1.82, 2.24) is 0 Å². The number of methoxy groups -OCH3 is 1. The third kappa shape index (κ3) is 4.39. The number of para-hydroxylation sites is 2. The Kier molecular flexibility index (Phi) is 5.46. The molecule has 21 heavy (non-hydrogen) atoms. The van der Waals surface area contributed by atoms with Crippen LogP contribution in [0.25, 0.3) is 0 Å². The molecular formula is C17H21NO3. The van der Waals surface area contributed by atoms with Gasteiger partial charge in [0.25, 0.3) is 0 Å². The molecular weight excluding hydrogens is 266 g/mol. The third-order valence-corrected chi connectivity index (χ3v) is 3.06. The predicted molar refractivity (Wildman–Crippen MR) is 83.0 cm³/mol. The molecule has 0 saturated heterocycles. The van der Waals surface area contributed by atoms with Gasteiger partial charge in [-0.2, -0.15) is 0 Å². The second kappa shape index (κ2) is 7.55. The Bertz CT molecular complexity index is 569. The van der Waals surface area contributed by atoms with Gasteiger partial charge in [-0.1, -0.05) is 24.3 Å². The van der Waals surface area contributed by atoms with Gasteiger partial charge in [0.1, 0.15) is 19.0 Å². The summed E-state index contributed by atoms with van der Waals surface area (Å²) < 4.78 is 16.5. The van der Waals surface area contributed by atoms with Crippen LogP contribution >= 0.6 is 0 Å². The predicted octanol–water partition coefficient (Wildman–Crippen LogP) is 3.17. The molecule has 0 aliphatic carbocycles. The van der Waals surface area contributed by atoms with Gasteiger partial charge in [-0.15, -0.1) is 0 Å². The molecule has 0 aliphatic rings.